The van der Waals surface area contributed by atoms with Crippen molar-refractivity contribution < 1.29 is 4.52 Å². The van der Waals surface area contributed by atoms with E-state index < -0.39 is 0 Å². The standard InChI is InChI=1S/C11H12N6O/c1-6-3-4-8-10(13-6)17(11(12)15-8)5-9-14-7(2)16-18-9/h3-4H,5H2,1-2H3,(H2,12,15). The predicted molar refractivity (Wildman–Crippen MR) is 64.8 cm³/mol. The van der Waals surface area contributed by atoms with Gasteiger partial charge in [-0.25, -0.2) is 9.97 Å². The van der Waals surface area contributed by atoms with Crippen molar-refractivity contribution in [2.75, 3.05) is 5.73 Å². The van der Waals surface area contributed by atoms with Crippen LogP contribution in [0.3, 0.4) is 0 Å². The number of imidazole rings is 1. The molecule has 0 fully saturated rings. The summed E-state index contributed by atoms with van der Waals surface area (Å²) in [6.07, 6.45) is 0. The van der Waals surface area contributed by atoms with Gasteiger partial charge in [-0.05, 0) is 26.0 Å². The van der Waals surface area contributed by atoms with E-state index in [-0.39, 0.29) is 0 Å². The Hall–Kier alpha value is -2.44. The first-order chi connectivity index (χ1) is 8.63. The van der Waals surface area contributed by atoms with Gasteiger partial charge in [-0.2, -0.15) is 4.98 Å². The largest absolute Gasteiger partial charge is 0.369 e. The number of hydrogen-bond donors (Lipinski definition) is 1. The lowest BCUT2D eigenvalue weighted by Gasteiger charge is -2.01. The number of nitrogens with zero attached hydrogens (tertiary/aromatic N) is 5. The van der Waals surface area contributed by atoms with Gasteiger partial charge in [-0.3, -0.25) is 4.57 Å². The van der Waals surface area contributed by atoms with Crippen LogP contribution in [0.1, 0.15) is 17.4 Å². The van der Waals surface area contributed by atoms with Crippen LogP contribution in [0.15, 0.2) is 16.7 Å². The molecule has 3 heterocycles. The van der Waals surface area contributed by atoms with E-state index in [0.29, 0.717) is 24.2 Å². The summed E-state index contributed by atoms with van der Waals surface area (Å²) in [7, 11) is 0. The third-order valence-corrected chi connectivity index (χ3v) is 2.62. The number of aryl methyl sites for hydroxylation is 2. The molecular weight excluding hydrogens is 232 g/mol. The molecule has 3 aromatic heterocycles. The van der Waals surface area contributed by atoms with E-state index in [1.54, 1.807) is 11.5 Å². The van der Waals surface area contributed by atoms with Crippen LogP contribution < -0.4 is 5.73 Å². The molecule has 3 aromatic rings. The summed E-state index contributed by atoms with van der Waals surface area (Å²) in [5, 5.41) is 3.74. The molecule has 0 atom stereocenters. The minimum atomic E-state index is 0.375. The molecular formula is C11H12N6O. The second-order valence-corrected chi connectivity index (χ2v) is 4.09. The molecule has 0 amide bonds. The molecule has 2 N–H and O–H groups in total. The molecule has 0 aliphatic rings. The molecule has 7 nitrogen and oxygen atoms in total. The van der Waals surface area contributed by atoms with E-state index in [0.717, 1.165) is 16.9 Å². The zero-order valence-corrected chi connectivity index (χ0v) is 10.1. The predicted octanol–water partition coefficient (Wildman–Crippen LogP) is 1.06. The van der Waals surface area contributed by atoms with Gasteiger partial charge in [0.1, 0.15) is 12.1 Å². The molecule has 0 saturated carbocycles. The van der Waals surface area contributed by atoms with E-state index in [2.05, 4.69) is 20.1 Å². The molecule has 3 rings (SSSR count). The van der Waals surface area contributed by atoms with Crippen molar-refractivity contribution in [3.63, 3.8) is 0 Å². The second kappa shape index (κ2) is 3.80. The van der Waals surface area contributed by atoms with Crippen molar-refractivity contribution in [3.8, 4) is 0 Å². The Kier molecular flexibility index (Phi) is 2.26. The van der Waals surface area contributed by atoms with Crippen molar-refractivity contribution in [2.45, 2.75) is 20.4 Å². The maximum atomic E-state index is 5.88. The van der Waals surface area contributed by atoms with Gasteiger partial charge in [-0.1, -0.05) is 5.16 Å². The summed E-state index contributed by atoms with van der Waals surface area (Å²) in [6, 6.07) is 3.79. The lowest BCUT2D eigenvalue weighted by Crippen LogP contribution is -2.05. The first-order valence-corrected chi connectivity index (χ1v) is 5.52. The van der Waals surface area contributed by atoms with Gasteiger partial charge < -0.3 is 10.3 Å². The normalized spacial score (nSPS) is 11.2. The highest BCUT2D eigenvalue weighted by molar-refractivity contribution is 5.74. The van der Waals surface area contributed by atoms with Crippen LogP contribution in [0.4, 0.5) is 5.95 Å². The Labute approximate surface area is 103 Å². The van der Waals surface area contributed by atoms with E-state index in [1.165, 1.54) is 0 Å². The number of nitrogen functional groups attached to an aromatic ring is 1. The van der Waals surface area contributed by atoms with Crippen molar-refractivity contribution >= 4 is 17.1 Å². The number of nitrogens with two attached hydrogens (primary N) is 1. The highest BCUT2D eigenvalue weighted by Crippen LogP contribution is 2.17. The fraction of sp³-hybridized carbons (Fsp3) is 0.273. The summed E-state index contributed by atoms with van der Waals surface area (Å²) in [4.78, 5) is 12.8. The van der Waals surface area contributed by atoms with Crippen molar-refractivity contribution in [2.24, 2.45) is 0 Å². The van der Waals surface area contributed by atoms with Gasteiger partial charge in [-0.15, -0.1) is 0 Å². The fourth-order valence-electron chi connectivity index (χ4n) is 1.81. The van der Waals surface area contributed by atoms with Gasteiger partial charge >= 0.3 is 0 Å². The third-order valence-electron chi connectivity index (χ3n) is 2.62. The van der Waals surface area contributed by atoms with Gasteiger partial charge in [0.05, 0.1) is 0 Å². The van der Waals surface area contributed by atoms with E-state index in [1.807, 2.05) is 19.1 Å². The molecule has 0 saturated heterocycles. The van der Waals surface area contributed by atoms with Gasteiger partial charge in [0.15, 0.2) is 11.5 Å². The summed E-state index contributed by atoms with van der Waals surface area (Å²) < 4.78 is 6.84. The Bertz CT molecular complexity index is 713. The maximum absolute atomic E-state index is 5.88. The highest BCUT2D eigenvalue weighted by atomic mass is 16.5. The van der Waals surface area contributed by atoms with Crippen LogP contribution in [-0.4, -0.2) is 24.7 Å². The minimum Gasteiger partial charge on any atom is -0.369 e. The van der Waals surface area contributed by atoms with E-state index in [9.17, 15) is 0 Å². The quantitative estimate of drug-likeness (QED) is 0.724. The summed E-state index contributed by atoms with van der Waals surface area (Å²) in [5.74, 6) is 1.47. The van der Waals surface area contributed by atoms with Crippen molar-refractivity contribution in [3.05, 3.63) is 29.5 Å². The minimum absolute atomic E-state index is 0.375. The van der Waals surface area contributed by atoms with E-state index >= 15 is 0 Å². The van der Waals surface area contributed by atoms with Crippen LogP contribution in [0.2, 0.25) is 0 Å². The molecule has 0 aromatic carbocycles. The summed E-state index contributed by atoms with van der Waals surface area (Å²) in [5.41, 5.74) is 8.27. The van der Waals surface area contributed by atoms with Crippen LogP contribution in [0.5, 0.6) is 0 Å². The topological polar surface area (TPSA) is 95.7 Å². The number of fused-ring (bicyclic) bond motifs is 1. The molecule has 0 unspecified atom stereocenters. The zero-order valence-electron chi connectivity index (χ0n) is 10.1. The van der Waals surface area contributed by atoms with E-state index in [4.69, 9.17) is 10.3 Å². The first-order valence-electron chi connectivity index (χ1n) is 5.52. The highest BCUT2D eigenvalue weighted by Gasteiger charge is 2.12. The smallest absolute Gasteiger partial charge is 0.246 e. The lowest BCUT2D eigenvalue weighted by molar-refractivity contribution is 0.369. The van der Waals surface area contributed by atoms with Crippen LogP contribution >= 0.6 is 0 Å². The number of rotatable bonds is 2. The molecule has 18 heavy (non-hydrogen) atoms. The third kappa shape index (κ3) is 1.69. The monoisotopic (exact) mass is 244 g/mol. The summed E-state index contributed by atoms with van der Waals surface area (Å²) >= 11 is 0. The molecule has 92 valence electrons. The fourth-order valence-corrected chi connectivity index (χ4v) is 1.81. The molecule has 0 aliphatic carbocycles. The van der Waals surface area contributed by atoms with Crippen molar-refractivity contribution in [1.82, 2.24) is 24.7 Å². The molecule has 0 radical (unpaired) electrons. The van der Waals surface area contributed by atoms with Crippen LogP contribution in [0.25, 0.3) is 11.2 Å². The Morgan fingerprint density at radius 2 is 2.06 bits per heavy atom. The average molecular weight is 244 g/mol. The Morgan fingerprint density at radius 3 is 2.78 bits per heavy atom. The number of anilines is 1. The zero-order chi connectivity index (χ0) is 12.7. The maximum Gasteiger partial charge on any atom is 0.246 e. The van der Waals surface area contributed by atoms with Gasteiger partial charge in [0.2, 0.25) is 11.8 Å². The number of hydrogen-bond acceptors (Lipinski definition) is 6. The second-order valence-electron chi connectivity index (χ2n) is 4.09. The Balaban J connectivity index is 2.10. The molecule has 0 spiro atoms. The molecule has 7 heteroatoms. The average Bonchev–Trinajstić information content (AvgIpc) is 2.86. The van der Waals surface area contributed by atoms with Gasteiger partial charge in [0, 0.05) is 5.69 Å². The summed E-state index contributed by atoms with van der Waals surface area (Å²) in [6.45, 7) is 4.06. The molecule has 0 bridgehead atoms. The number of pyridine rings is 1. The lowest BCUT2D eigenvalue weighted by atomic mass is 10.3. The first kappa shape index (κ1) is 10.7. The number of aromatic nitrogens is 5. The SMILES string of the molecule is Cc1ccc2nc(N)n(Cc3nc(C)no3)c2n1. The molecule has 0 aliphatic heterocycles. The Morgan fingerprint density at radius 1 is 1.22 bits per heavy atom. The van der Waals surface area contributed by atoms with Crippen LogP contribution in [-0.2, 0) is 6.54 Å². The van der Waals surface area contributed by atoms with Crippen LogP contribution in [0, 0.1) is 13.8 Å². The van der Waals surface area contributed by atoms with Crippen molar-refractivity contribution in [1.29, 1.82) is 0 Å². The van der Waals surface area contributed by atoms with Gasteiger partial charge in [0.25, 0.3) is 0 Å².